The number of likely N-dealkylation sites (tertiary alicyclic amines) is 1. The van der Waals surface area contributed by atoms with Crippen molar-refractivity contribution < 1.29 is 14.3 Å². The van der Waals surface area contributed by atoms with E-state index in [1.165, 1.54) is 4.68 Å². The molecule has 1 aromatic rings. The smallest absolute Gasteiger partial charge is 0.324 e. The number of hydrogen-bond acceptors (Lipinski definition) is 4. The number of aliphatic carboxylic acids is 1. The van der Waals surface area contributed by atoms with Gasteiger partial charge in [-0.2, -0.15) is 5.10 Å². The number of alkyl halides is 1. The zero-order chi connectivity index (χ0) is 18.6. The molecule has 1 aromatic heterocycles. The van der Waals surface area contributed by atoms with E-state index in [-0.39, 0.29) is 5.56 Å². The number of carboxylic acids is 1. The Hall–Kier alpha value is -1.54. The molecule has 8 heteroatoms. The first-order valence-electron chi connectivity index (χ1n) is 8.96. The minimum Gasteiger partial charge on any atom is -0.480 e. The van der Waals surface area contributed by atoms with Crippen molar-refractivity contribution in [2.75, 3.05) is 19.6 Å². The highest BCUT2D eigenvalue weighted by Crippen LogP contribution is 2.13. The van der Waals surface area contributed by atoms with E-state index in [1.807, 2.05) is 4.90 Å². The van der Waals surface area contributed by atoms with Crippen LogP contribution in [0.1, 0.15) is 37.2 Å². The molecule has 25 heavy (non-hydrogen) atoms. The van der Waals surface area contributed by atoms with Crippen molar-refractivity contribution in [2.24, 2.45) is 5.92 Å². The average Bonchev–Trinajstić information content (AvgIpc) is 2.94. The van der Waals surface area contributed by atoms with Crippen LogP contribution in [0.3, 0.4) is 0 Å². The molecule has 2 heterocycles. The fraction of sp³-hybridized carbons (Fsp3) is 0.706. The zero-order valence-electron chi connectivity index (χ0n) is 15.2. The number of hydrogen-bond donors (Lipinski definition) is 1. The van der Waals surface area contributed by atoms with Crippen LogP contribution in [0.4, 0.5) is 4.39 Å². The molecule has 6 nitrogen and oxygen atoms in total. The lowest BCUT2D eigenvalue weighted by molar-refractivity contribution is -0.138. The van der Waals surface area contributed by atoms with Crippen LogP contribution in [0, 0.1) is 12.8 Å². The first-order valence-corrected chi connectivity index (χ1v) is 10.8. The van der Waals surface area contributed by atoms with Crippen molar-refractivity contribution in [3.05, 3.63) is 27.7 Å². The molecule has 0 aliphatic carbocycles. The highest BCUT2D eigenvalue weighted by Gasteiger charge is 2.25. The average molecular weight is 370 g/mol. The van der Waals surface area contributed by atoms with Crippen molar-refractivity contribution in [3.8, 4) is 0 Å². The van der Waals surface area contributed by atoms with Gasteiger partial charge in [0.05, 0.1) is 15.2 Å². The van der Waals surface area contributed by atoms with Crippen LogP contribution in [-0.2, 0) is 11.2 Å². The lowest BCUT2D eigenvalue weighted by Gasteiger charge is -2.18. The lowest BCUT2D eigenvalue weighted by Crippen LogP contribution is -2.37. The highest BCUT2D eigenvalue weighted by atomic mass is 28.2. The largest absolute Gasteiger partial charge is 0.480 e. The van der Waals surface area contributed by atoms with E-state index in [9.17, 15) is 19.1 Å². The molecule has 2 rings (SSSR count). The molecule has 0 radical (unpaired) electrons. The summed E-state index contributed by atoms with van der Waals surface area (Å²) in [5, 5.41) is 13.9. The topological polar surface area (TPSA) is 75.4 Å². The quantitative estimate of drug-likeness (QED) is 0.691. The monoisotopic (exact) mass is 369 g/mol. The van der Waals surface area contributed by atoms with Gasteiger partial charge in [0, 0.05) is 31.6 Å². The molecule has 2 atom stereocenters. The Morgan fingerprint density at radius 3 is 2.80 bits per heavy atom. The Morgan fingerprint density at radius 2 is 2.24 bits per heavy atom. The van der Waals surface area contributed by atoms with Crippen LogP contribution >= 0.6 is 0 Å². The number of aromatic nitrogens is 2. The Labute approximate surface area is 149 Å². The van der Waals surface area contributed by atoms with E-state index in [2.05, 4.69) is 18.9 Å². The Bertz CT molecular complexity index is 665. The van der Waals surface area contributed by atoms with Crippen LogP contribution < -0.4 is 5.56 Å². The number of carboxylic acid groups (broad SMARTS) is 1. The van der Waals surface area contributed by atoms with Gasteiger partial charge in [-0.3, -0.25) is 14.5 Å². The van der Waals surface area contributed by atoms with Crippen molar-refractivity contribution >= 4 is 15.5 Å². The molecule has 1 aliphatic heterocycles. The summed E-state index contributed by atoms with van der Waals surface area (Å²) in [5.41, 5.74) is 0.0803. The van der Waals surface area contributed by atoms with Gasteiger partial charge in [-0.05, 0) is 25.3 Å². The number of halogens is 1. The standard InChI is InChI=1S/C17H28FN3O3Si/c1-11(2)10-25-16(17(23)24)21-15(22)12(3)8-14(19-21)5-7-20-6-4-13(18)9-20/h8,11,13,16H,4-7,9-10,25H2,1-3H3,(H,23,24)/t13-,16-/m0/s1. The van der Waals surface area contributed by atoms with Gasteiger partial charge in [0.1, 0.15) is 11.8 Å². The Morgan fingerprint density at radius 1 is 1.52 bits per heavy atom. The summed E-state index contributed by atoms with van der Waals surface area (Å²) < 4.78 is 14.4. The second kappa shape index (κ2) is 8.71. The van der Waals surface area contributed by atoms with Crippen molar-refractivity contribution in [1.82, 2.24) is 14.7 Å². The summed E-state index contributed by atoms with van der Waals surface area (Å²) in [4.78, 5) is 26.1. The van der Waals surface area contributed by atoms with Gasteiger partial charge in [0.25, 0.3) is 5.56 Å². The first-order chi connectivity index (χ1) is 11.8. The molecule has 1 N–H and O–H groups in total. The summed E-state index contributed by atoms with van der Waals surface area (Å²) in [6.45, 7) is 7.65. The van der Waals surface area contributed by atoms with Gasteiger partial charge >= 0.3 is 5.97 Å². The second-order valence-corrected chi connectivity index (χ2v) is 9.26. The van der Waals surface area contributed by atoms with Crippen LogP contribution in [0.2, 0.25) is 6.04 Å². The molecule has 0 unspecified atom stereocenters. The molecule has 1 aliphatic rings. The SMILES string of the molecule is Cc1cc(CCN2CC[C@H](F)C2)nn([C@@H]([SiH2]CC(C)C)C(=O)O)c1=O. The van der Waals surface area contributed by atoms with Gasteiger partial charge in [-0.1, -0.05) is 19.9 Å². The van der Waals surface area contributed by atoms with E-state index in [4.69, 9.17) is 0 Å². The molecule has 0 saturated carbocycles. The van der Waals surface area contributed by atoms with Crippen molar-refractivity contribution in [2.45, 2.75) is 51.5 Å². The predicted molar refractivity (Wildman–Crippen MR) is 97.8 cm³/mol. The van der Waals surface area contributed by atoms with Gasteiger partial charge in [-0.15, -0.1) is 0 Å². The summed E-state index contributed by atoms with van der Waals surface area (Å²) in [6, 6.07) is 2.57. The fourth-order valence-corrected chi connectivity index (χ4v) is 4.86. The molecule has 140 valence electrons. The van der Waals surface area contributed by atoms with Gasteiger partial charge in [0.15, 0.2) is 0 Å². The van der Waals surface area contributed by atoms with Crippen LogP contribution in [0.5, 0.6) is 0 Å². The molecule has 0 bridgehead atoms. The van der Waals surface area contributed by atoms with E-state index in [0.29, 0.717) is 43.1 Å². The van der Waals surface area contributed by atoms with E-state index < -0.39 is 27.3 Å². The molecule has 1 fully saturated rings. The number of rotatable bonds is 8. The third-order valence-corrected chi connectivity index (χ3v) is 7.39. The number of carbonyl (C=O) groups is 1. The Balaban J connectivity index is 2.17. The molecule has 0 amide bonds. The van der Waals surface area contributed by atoms with Crippen molar-refractivity contribution in [3.63, 3.8) is 0 Å². The summed E-state index contributed by atoms with van der Waals surface area (Å²) in [5.74, 6) is -0.560. The van der Waals surface area contributed by atoms with E-state index >= 15 is 0 Å². The van der Waals surface area contributed by atoms with Crippen molar-refractivity contribution in [1.29, 1.82) is 0 Å². The van der Waals surface area contributed by atoms with Gasteiger partial charge in [-0.25, -0.2) is 9.07 Å². The molecular formula is C17H28FN3O3Si. The maximum atomic E-state index is 13.3. The minimum absolute atomic E-state index is 0.322. The Kier molecular flexibility index (Phi) is 6.89. The maximum absolute atomic E-state index is 13.3. The zero-order valence-corrected chi connectivity index (χ0v) is 16.7. The second-order valence-electron chi connectivity index (χ2n) is 7.33. The van der Waals surface area contributed by atoms with Crippen LogP contribution in [0.15, 0.2) is 10.9 Å². The highest BCUT2D eigenvalue weighted by molar-refractivity contribution is 6.42. The van der Waals surface area contributed by atoms with Gasteiger partial charge < -0.3 is 5.11 Å². The molecule has 0 spiro atoms. The predicted octanol–water partition coefficient (Wildman–Crippen LogP) is 0.964. The third-order valence-electron chi connectivity index (χ3n) is 4.66. The molecule has 1 saturated heterocycles. The summed E-state index contributed by atoms with van der Waals surface area (Å²) >= 11 is 0. The maximum Gasteiger partial charge on any atom is 0.324 e. The van der Waals surface area contributed by atoms with E-state index in [1.54, 1.807) is 13.0 Å². The first kappa shape index (κ1) is 19.8. The molecular weight excluding hydrogens is 341 g/mol. The van der Waals surface area contributed by atoms with Gasteiger partial charge in [0.2, 0.25) is 0 Å². The van der Waals surface area contributed by atoms with Crippen LogP contribution in [0.25, 0.3) is 0 Å². The summed E-state index contributed by atoms with van der Waals surface area (Å²) in [7, 11) is -1.02. The number of nitrogens with zero attached hydrogens (tertiary/aromatic N) is 3. The molecule has 0 aromatic carbocycles. The lowest BCUT2D eigenvalue weighted by atomic mass is 10.2. The fourth-order valence-electron chi connectivity index (χ4n) is 3.14. The minimum atomic E-state index is -1.02. The number of aryl methyl sites for hydroxylation is 1. The van der Waals surface area contributed by atoms with Crippen LogP contribution in [-0.4, -0.2) is 61.1 Å². The normalized spacial score (nSPS) is 20.0. The van der Waals surface area contributed by atoms with E-state index in [0.717, 1.165) is 12.6 Å². The summed E-state index contributed by atoms with van der Waals surface area (Å²) in [6.07, 6.45) is 0.391. The third kappa shape index (κ3) is 5.47.